The standard InChI is InChI=1S/C13H16N2O2/c1-10-5-4-6-12(11(10)9-14)15-13(17)7-2-3-8-16/h4-6,16H,2-3,7-8H2,1H3,(H,15,17). The highest BCUT2D eigenvalue weighted by Gasteiger charge is 2.08. The first kappa shape index (κ1) is 13.2. The van der Waals surface area contributed by atoms with E-state index in [1.807, 2.05) is 13.0 Å². The highest BCUT2D eigenvalue weighted by atomic mass is 16.2. The van der Waals surface area contributed by atoms with E-state index >= 15 is 0 Å². The summed E-state index contributed by atoms with van der Waals surface area (Å²) in [4.78, 5) is 11.6. The first-order chi connectivity index (χ1) is 8.19. The second-order valence-corrected chi connectivity index (χ2v) is 3.84. The largest absolute Gasteiger partial charge is 0.396 e. The van der Waals surface area contributed by atoms with Crippen LogP contribution >= 0.6 is 0 Å². The fourth-order valence-electron chi connectivity index (χ4n) is 1.53. The Morgan fingerprint density at radius 3 is 2.88 bits per heavy atom. The number of hydrogen-bond donors (Lipinski definition) is 2. The topological polar surface area (TPSA) is 73.1 Å². The van der Waals surface area contributed by atoms with E-state index in [1.165, 1.54) is 0 Å². The van der Waals surface area contributed by atoms with Gasteiger partial charge in [-0.1, -0.05) is 12.1 Å². The number of nitriles is 1. The minimum Gasteiger partial charge on any atom is -0.396 e. The molecule has 0 aliphatic rings. The number of aliphatic hydroxyl groups excluding tert-OH is 1. The second kappa shape index (κ2) is 6.66. The quantitative estimate of drug-likeness (QED) is 0.762. The summed E-state index contributed by atoms with van der Waals surface area (Å²) < 4.78 is 0. The molecule has 0 fully saturated rings. The number of aryl methyl sites for hydroxylation is 1. The number of aliphatic hydroxyl groups is 1. The summed E-state index contributed by atoms with van der Waals surface area (Å²) in [7, 11) is 0. The van der Waals surface area contributed by atoms with Crippen molar-refractivity contribution in [2.24, 2.45) is 0 Å². The predicted octanol–water partition coefficient (Wildman–Crippen LogP) is 1.97. The fraction of sp³-hybridized carbons (Fsp3) is 0.385. The molecule has 0 saturated heterocycles. The molecule has 0 aliphatic heterocycles. The molecule has 17 heavy (non-hydrogen) atoms. The lowest BCUT2D eigenvalue weighted by Crippen LogP contribution is -2.12. The number of benzene rings is 1. The highest BCUT2D eigenvalue weighted by molar-refractivity contribution is 5.92. The molecule has 2 N–H and O–H groups in total. The summed E-state index contributed by atoms with van der Waals surface area (Å²) in [5.74, 6) is -0.124. The van der Waals surface area contributed by atoms with Gasteiger partial charge in [0.2, 0.25) is 5.91 Å². The third kappa shape index (κ3) is 3.89. The van der Waals surface area contributed by atoms with Crippen molar-refractivity contribution in [3.05, 3.63) is 29.3 Å². The average molecular weight is 232 g/mol. The summed E-state index contributed by atoms with van der Waals surface area (Å²) in [6, 6.07) is 7.44. The van der Waals surface area contributed by atoms with Crippen LogP contribution in [-0.4, -0.2) is 17.6 Å². The maximum absolute atomic E-state index is 11.6. The first-order valence-electron chi connectivity index (χ1n) is 5.59. The molecule has 0 spiro atoms. The molecule has 0 bridgehead atoms. The lowest BCUT2D eigenvalue weighted by Gasteiger charge is -2.08. The fourth-order valence-corrected chi connectivity index (χ4v) is 1.53. The maximum Gasteiger partial charge on any atom is 0.224 e. The van der Waals surface area contributed by atoms with Crippen molar-refractivity contribution in [3.63, 3.8) is 0 Å². The van der Waals surface area contributed by atoms with Crippen LogP contribution in [0, 0.1) is 18.3 Å². The van der Waals surface area contributed by atoms with Crippen molar-refractivity contribution in [3.8, 4) is 6.07 Å². The monoisotopic (exact) mass is 232 g/mol. The predicted molar refractivity (Wildman–Crippen MR) is 65.5 cm³/mol. The minimum atomic E-state index is -0.124. The maximum atomic E-state index is 11.6. The van der Waals surface area contributed by atoms with Gasteiger partial charge in [0.25, 0.3) is 0 Å². The molecule has 4 heteroatoms. The SMILES string of the molecule is Cc1cccc(NC(=O)CCCCO)c1C#N. The molecule has 0 unspecified atom stereocenters. The van der Waals surface area contributed by atoms with Gasteiger partial charge in [-0.2, -0.15) is 5.26 Å². The zero-order valence-electron chi connectivity index (χ0n) is 9.86. The molecule has 0 radical (unpaired) electrons. The van der Waals surface area contributed by atoms with Gasteiger partial charge in [-0.05, 0) is 31.4 Å². The average Bonchev–Trinajstić information content (AvgIpc) is 2.29. The summed E-state index contributed by atoms with van der Waals surface area (Å²) in [5.41, 5.74) is 1.91. The Kier molecular flexibility index (Phi) is 5.18. The van der Waals surface area contributed by atoms with Gasteiger partial charge >= 0.3 is 0 Å². The molecule has 4 nitrogen and oxygen atoms in total. The first-order valence-corrected chi connectivity index (χ1v) is 5.59. The van der Waals surface area contributed by atoms with Crippen molar-refractivity contribution in [1.29, 1.82) is 5.26 Å². The van der Waals surface area contributed by atoms with Gasteiger partial charge < -0.3 is 10.4 Å². The second-order valence-electron chi connectivity index (χ2n) is 3.84. The van der Waals surface area contributed by atoms with E-state index in [2.05, 4.69) is 11.4 Å². The molecule has 0 heterocycles. The smallest absolute Gasteiger partial charge is 0.224 e. The number of carbonyl (C=O) groups excluding carboxylic acids is 1. The lowest BCUT2D eigenvalue weighted by molar-refractivity contribution is -0.116. The molecule has 0 aliphatic carbocycles. The van der Waals surface area contributed by atoms with Gasteiger partial charge in [-0.3, -0.25) is 4.79 Å². The number of carbonyl (C=O) groups is 1. The normalized spacial score (nSPS) is 9.71. The van der Waals surface area contributed by atoms with E-state index in [0.717, 1.165) is 5.56 Å². The lowest BCUT2D eigenvalue weighted by atomic mass is 10.1. The van der Waals surface area contributed by atoms with E-state index in [4.69, 9.17) is 10.4 Å². The van der Waals surface area contributed by atoms with Crippen molar-refractivity contribution in [1.82, 2.24) is 0 Å². The van der Waals surface area contributed by atoms with Gasteiger partial charge in [0, 0.05) is 13.0 Å². The van der Waals surface area contributed by atoms with Crippen molar-refractivity contribution in [2.75, 3.05) is 11.9 Å². The number of anilines is 1. The van der Waals surface area contributed by atoms with Crippen LogP contribution in [-0.2, 0) is 4.79 Å². The van der Waals surface area contributed by atoms with E-state index in [-0.39, 0.29) is 12.5 Å². The van der Waals surface area contributed by atoms with Crippen molar-refractivity contribution < 1.29 is 9.90 Å². The van der Waals surface area contributed by atoms with Crippen LogP contribution in [0.15, 0.2) is 18.2 Å². The summed E-state index contributed by atoms with van der Waals surface area (Å²) >= 11 is 0. The van der Waals surface area contributed by atoms with E-state index in [1.54, 1.807) is 12.1 Å². The Morgan fingerprint density at radius 2 is 2.24 bits per heavy atom. The van der Waals surface area contributed by atoms with E-state index in [9.17, 15) is 4.79 Å². The molecular formula is C13H16N2O2. The minimum absolute atomic E-state index is 0.0984. The number of unbranched alkanes of at least 4 members (excludes halogenated alkanes) is 1. The highest BCUT2D eigenvalue weighted by Crippen LogP contribution is 2.18. The van der Waals surface area contributed by atoms with Crippen LogP contribution in [0.4, 0.5) is 5.69 Å². The molecule has 1 aromatic carbocycles. The molecule has 0 aromatic heterocycles. The van der Waals surface area contributed by atoms with Gasteiger partial charge in [-0.15, -0.1) is 0 Å². The van der Waals surface area contributed by atoms with E-state index < -0.39 is 0 Å². The zero-order valence-corrected chi connectivity index (χ0v) is 9.86. The Morgan fingerprint density at radius 1 is 1.47 bits per heavy atom. The Bertz CT molecular complexity index is 436. The van der Waals surface area contributed by atoms with Crippen LogP contribution in [0.3, 0.4) is 0 Å². The van der Waals surface area contributed by atoms with Gasteiger partial charge in [-0.25, -0.2) is 0 Å². The summed E-state index contributed by atoms with van der Waals surface area (Å²) in [6.07, 6.45) is 1.63. The van der Waals surface area contributed by atoms with E-state index in [0.29, 0.717) is 30.5 Å². The van der Waals surface area contributed by atoms with Crippen LogP contribution < -0.4 is 5.32 Å². The number of rotatable bonds is 5. The number of hydrogen-bond acceptors (Lipinski definition) is 3. The molecule has 0 atom stereocenters. The van der Waals surface area contributed by atoms with Crippen LogP contribution in [0.2, 0.25) is 0 Å². The Hall–Kier alpha value is -1.86. The summed E-state index contributed by atoms with van der Waals surface area (Å²) in [6.45, 7) is 1.93. The molecule has 1 rings (SSSR count). The number of nitrogens with zero attached hydrogens (tertiary/aromatic N) is 1. The molecular weight excluding hydrogens is 216 g/mol. The van der Waals surface area contributed by atoms with Gasteiger partial charge in [0.1, 0.15) is 6.07 Å². The van der Waals surface area contributed by atoms with Crippen LogP contribution in [0.5, 0.6) is 0 Å². The van der Waals surface area contributed by atoms with Crippen molar-refractivity contribution in [2.45, 2.75) is 26.2 Å². The van der Waals surface area contributed by atoms with Crippen LogP contribution in [0.25, 0.3) is 0 Å². The molecule has 90 valence electrons. The number of amides is 1. The van der Waals surface area contributed by atoms with Gasteiger partial charge in [0.05, 0.1) is 11.3 Å². The number of nitrogens with one attached hydrogen (secondary N) is 1. The third-order valence-electron chi connectivity index (χ3n) is 2.47. The Balaban J connectivity index is 2.66. The third-order valence-corrected chi connectivity index (χ3v) is 2.47. The molecule has 1 aromatic rings. The molecule has 1 amide bonds. The van der Waals surface area contributed by atoms with Crippen molar-refractivity contribution >= 4 is 11.6 Å². The Labute approximate surface area is 101 Å². The van der Waals surface area contributed by atoms with Gasteiger partial charge in [0.15, 0.2) is 0 Å². The summed E-state index contributed by atoms with van der Waals surface area (Å²) in [5, 5.41) is 20.3. The zero-order chi connectivity index (χ0) is 12.7. The van der Waals surface area contributed by atoms with Crippen LogP contribution in [0.1, 0.15) is 30.4 Å². The molecule has 0 saturated carbocycles.